The summed E-state index contributed by atoms with van der Waals surface area (Å²) in [5, 5.41) is 12.4. The van der Waals surface area contributed by atoms with Gasteiger partial charge in [0.2, 0.25) is 5.76 Å². The molecule has 0 unspecified atom stereocenters. The Hall–Kier alpha value is -1.78. The standard InChI is InChI=1S/C9H11NO4/c1-6(2)10-14-5-7-3-4-13-8(7)9(11)12/h3-4H,5H2,1-2H3,(H,11,12). The lowest BCUT2D eigenvalue weighted by Gasteiger charge is -1.98. The minimum absolute atomic E-state index is 0.101. The molecular formula is C9H11NO4. The highest BCUT2D eigenvalue weighted by Crippen LogP contribution is 2.11. The molecule has 0 saturated carbocycles. The van der Waals surface area contributed by atoms with Gasteiger partial charge in [-0.25, -0.2) is 4.79 Å². The predicted molar refractivity (Wildman–Crippen MR) is 49.2 cm³/mol. The van der Waals surface area contributed by atoms with Crippen LogP contribution >= 0.6 is 0 Å². The lowest BCUT2D eigenvalue weighted by molar-refractivity contribution is 0.0651. The van der Waals surface area contributed by atoms with Crippen LogP contribution < -0.4 is 0 Å². The fraction of sp³-hybridized carbons (Fsp3) is 0.333. The molecule has 0 amide bonds. The fourth-order valence-electron chi connectivity index (χ4n) is 0.868. The highest BCUT2D eigenvalue weighted by Gasteiger charge is 2.13. The molecule has 0 bridgehead atoms. The van der Waals surface area contributed by atoms with Gasteiger partial charge in [0.05, 0.1) is 12.0 Å². The largest absolute Gasteiger partial charge is 0.475 e. The summed E-state index contributed by atoms with van der Waals surface area (Å²) in [6, 6.07) is 1.55. The molecule has 0 saturated heterocycles. The number of aromatic carboxylic acids is 1. The minimum Gasteiger partial charge on any atom is -0.475 e. The lowest BCUT2D eigenvalue weighted by Crippen LogP contribution is -1.99. The van der Waals surface area contributed by atoms with Crippen molar-refractivity contribution in [3.05, 3.63) is 23.7 Å². The number of hydrogen-bond acceptors (Lipinski definition) is 4. The Bertz CT molecular complexity index is 349. The Morgan fingerprint density at radius 3 is 2.93 bits per heavy atom. The van der Waals surface area contributed by atoms with Gasteiger partial charge in [-0.3, -0.25) is 0 Å². The number of nitrogens with zero attached hydrogens (tertiary/aromatic N) is 1. The second-order valence-corrected chi connectivity index (χ2v) is 2.89. The lowest BCUT2D eigenvalue weighted by atomic mass is 10.3. The maximum atomic E-state index is 10.6. The third-order valence-electron chi connectivity index (χ3n) is 1.41. The first-order valence-corrected chi connectivity index (χ1v) is 4.04. The summed E-state index contributed by atoms with van der Waals surface area (Å²) in [7, 11) is 0. The number of carbonyl (C=O) groups is 1. The molecule has 0 fully saturated rings. The van der Waals surface area contributed by atoms with Gasteiger partial charge >= 0.3 is 5.97 Å². The molecule has 5 nitrogen and oxygen atoms in total. The van der Waals surface area contributed by atoms with Crippen LogP contribution in [0.2, 0.25) is 0 Å². The average Bonchev–Trinajstić information content (AvgIpc) is 2.51. The van der Waals surface area contributed by atoms with Crippen molar-refractivity contribution in [2.24, 2.45) is 5.16 Å². The Kier molecular flexibility index (Phi) is 3.28. The van der Waals surface area contributed by atoms with Gasteiger partial charge in [0.15, 0.2) is 0 Å². The zero-order chi connectivity index (χ0) is 10.6. The van der Waals surface area contributed by atoms with E-state index in [2.05, 4.69) is 5.16 Å². The Balaban J connectivity index is 2.63. The van der Waals surface area contributed by atoms with Crippen molar-refractivity contribution >= 4 is 11.7 Å². The summed E-state index contributed by atoms with van der Waals surface area (Å²) in [6.07, 6.45) is 1.31. The highest BCUT2D eigenvalue weighted by molar-refractivity contribution is 5.86. The number of rotatable bonds is 4. The summed E-state index contributed by atoms with van der Waals surface area (Å²) >= 11 is 0. The minimum atomic E-state index is -1.11. The molecule has 0 radical (unpaired) electrons. The monoisotopic (exact) mass is 197 g/mol. The average molecular weight is 197 g/mol. The molecule has 0 aliphatic heterocycles. The first-order valence-electron chi connectivity index (χ1n) is 4.04. The van der Waals surface area contributed by atoms with Crippen molar-refractivity contribution < 1.29 is 19.2 Å². The van der Waals surface area contributed by atoms with Crippen LogP contribution in [0.25, 0.3) is 0 Å². The van der Waals surface area contributed by atoms with E-state index in [1.807, 2.05) is 0 Å². The van der Waals surface area contributed by atoms with Crippen LogP contribution in [0.15, 0.2) is 21.9 Å². The summed E-state index contributed by atoms with van der Waals surface area (Å²) < 4.78 is 4.76. The van der Waals surface area contributed by atoms with Crippen molar-refractivity contribution in [1.29, 1.82) is 0 Å². The Morgan fingerprint density at radius 2 is 2.36 bits per heavy atom. The van der Waals surface area contributed by atoms with E-state index in [-0.39, 0.29) is 12.4 Å². The van der Waals surface area contributed by atoms with Crippen molar-refractivity contribution in [1.82, 2.24) is 0 Å². The molecule has 1 aromatic heterocycles. The van der Waals surface area contributed by atoms with Gasteiger partial charge in [-0.05, 0) is 19.9 Å². The van der Waals surface area contributed by atoms with Gasteiger partial charge in [0.25, 0.3) is 0 Å². The van der Waals surface area contributed by atoms with E-state index in [4.69, 9.17) is 14.4 Å². The van der Waals surface area contributed by atoms with Gasteiger partial charge in [0, 0.05) is 5.56 Å². The van der Waals surface area contributed by atoms with Crippen molar-refractivity contribution in [2.45, 2.75) is 20.5 Å². The number of oxime groups is 1. The van der Waals surface area contributed by atoms with Crippen LogP contribution in [0.5, 0.6) is 0 Å². The molecule has 1 N–H and O–H groups in total. The molecule has 1 heterocycles. The zero-order valence-corrected chi connectivity index (χ0v) is 7.98. The van der Waals surface area contributed by atoms with Crippen LogP contribution in [0.1, 0.15) is 30.0 Å². The predicted octanol–water partition coefficient (Wildman–Crippen LogP) is 1.89. The second-order valence-electron chi connectivity index (χ2n) is 2.89. The quantitative estimate of drug-likeness (QED) is 0.591. The fourth-order valence-corrected chi connectivity index (χ4v) is 0.868. The first kappa shape index (κ1) is 10.3. The normalized spacial score (nSPS) is 9.57. The van der Waals surface area contributed by atoms with Crippen LogP contribution in [-0.2, 0) is 11.4 Å². The molecule has 1 aromatic rings. The third kappa shape index (κ3) is 2.62. The van der Waals surface area contributed by atoms with E-state index in [1.165, 1.54) is 6.26 Å². The molecule has 0 atom stereocenters. The summed E-state index contributed by atoms with van der Waals surface area (Å²) in [5.41, 5.74) is 1.24. The molecule has 0 aromatic carbocycles. The summed E-state index contributed by atoms with van der Waals surface area (Å²) in [4.78, 5) is 15.5. The molecule has 76 valence electrons. The number of carboxylic acid groups (broad SMARTS) is 1. The molecule has 5 heteroatoms. The van der Waals surface area contributed by atoms with Gasteiger partial charge in [-0.15, -0.1) is 0 Å². The van der Waals surface area contributed by atoms with Gasteiger partial charge < -0.3 is 14.4 Å². The van der Waals surface area contributed by atoms with Crippen LogP contribution in [-0.4, -0.2) is 16.8 Å². The van der Waals surface area contributed by atoms with E-state index >= 15 is 0 Å². The van der Waals surface area contributed by atoms with Gasteiger partial charge in [0.1, 0.15) is 6.61 Å². The molecular weight excluding hydrogens is 186 g/mol. The number of furan rings is 1. The smallest absolute Gasteiger partial charge is 0.372 e. The van der Waals surface area contributed by atoms with E-state index < -0.39 is 5.97 Å². The van der Waals surface area contributed by atoms with Gasteiger partial charge in [-0.2, -0.15) is 0 Å². The van der Waals surface area contributed by atoms with Crippen LogP contribution in [0.4, 0.5) is 0 Å². The number of carboxylic acids is 1. The van der Waals surface area contributed by atoms with Crippen molar-refractivity contribution in [2.75, 3.05) is 0 Å². The zero-order valence-electron chi connectivity index (χ0n) is 7.98. The third-order valence-corrected chi connectivity index (χ3v) is 1.41. The Labute approximate surface area is 81.0 Å². The maximum Gasteiger partial charge on any atom is 0.372 e. The van der Waals surface area contributed by atoms with Crippen LogP contribution in [0.3, 0.4) is 0 Å². The Morgan fingerprint density at radius 1 is 1.64 bits per heavy atom. The molecule has 14 heavy (non-hydrogen) atoms. The molecule has 0 aliphatic carbocycles. The van der Waals surface area contributed by atoms with E-state index in [0.717, 1.165) is 5.71 Å². The summed E-state index contributed by atoms with van der Waals surface area (Å²) in [5.74, 6) is -1.21. The van der Waals surface area contributed by atoms with E-state index in [0.29, 0.717) is 5.56 Å². The molecule has 1 rings (SSSR count). The molecule has 0 spiro atoms. The van der Waals surface area contributed by atoms with E-state index in [9.17, 15) is 4.79 Å². The topological polar surface area (TPSA) is 72.0 Å². The van der Waals surface area contributed by atoms with Crippen LogP contribution in [0, 0.1) is 0 Å². The number of hydrogen-bond donors (Lipinski definition) is 1. The van der Waals surface area contributed by atoms with Crippen molar-refractivity contribution in [3.63, 3.8) is 0 Å². The summed E-state index contributed by atoms with van der Waals surface area (Å²) in [6.45, 7) is 3.67. The molecule has 0 aliphatic rings. The SMILES string of the molecule is CC(C)=NOCc1ccoc1C(=O)O. The second kappa shape index (κ2) is 4.45. The first-order chi connectivity index (χ1) is 6.61. The van der Waals surface area contributed by atoms with Crippen molar-refractivity contribution in [3.8, 4) is 0 Å². The van der Waals surface area contributed by atoms with E-state index in [1.54, 1.807) is 19.9 Å². The maximum absolute atomic E-state index is 10.6. The van der Waals surface area contributed by atoms with Gasteiger partial charge in [-0.1, -0.05) is 5.16 Å². The highest BCUT2D eigenvalue weighted by atomic mass is 16.6.